The molecule has 0 aliphatic heterocycles. The maximum Gasteiger partial charge on any atom is 0.230 e. The van der Waals surface area contributed by atoms with E-state index in [4.69, 9.17) is 11.6 Å². The number of carbonyl (C=O) groups is 1. The van der Waals surface area contributed by atoms with E-state index in [9.17, 15) is 4.79 Å². The maximum absolute atomic E-state index is 12.1. The minimum atomic E-state index is -0.0674. The van der Waals surface area contributed by atoms with Crippen LogP contribution in [0.15, 0.2) is 41.8 Å². The Hall–Kier alpha value is -1.46. The van der Waals surface area contributed by atoms with Crippen molar-refractivity contribution in [2.45, 2.75) is 38.0 Å². The van der Waals surface area contributed by atoms with Crippen LogP contribution in [0.5, 0.6) is 0 Å². The number of halogens is 1. The fraction of sp³-hybridized carbons (Fsp3) is 0.375. The Morgan fingerprint density at radius 2 is 2.32 bits per heavy atom. The zero-order chi connectivity index (χ0) is 15.9. The van der Waals surface area contributed by atoms with Gasteiger partial charge in [0.15, 0.2) is 5.16 Å². The lowest BCUT2D eigenvalue weighted by Gasteiger charge is -2.14. The molecule has 1 unspecified atom stereocenters. The standard InChI is InChI=1S/C16H20ClN3OS/c1-3-8-20-9-7-18-16(20)22-11-15(21)19-12(2)13-5-4-6-14(17)10-13/h4-7,9-10,12H,3,8,11H2,1-2H3,(H,19,21). The molecule has 0 aliphatic carbocycles. The van der Waals surface area contributed by atoms with Crippen molar-refractivity contribution in [1.29, 1.82) is 0 Å². The Kier molecular flexibility index (Phi) is 6.34. The number of rotatable bonds is 7. The van der Waals surface area contributed by atoms with Crippen molar-refractivity contribution in [2.24, 2.45) is 0 Å². The number of amides is 1. The quantitative estimate of drug-likeness (QED) is 0.779. The van der Waals surface area contributed by atoms with E-state index in [0.717, 1.165) is 23.7 Å². The highest BCUT2D eigenvalue weighted by Crippen LogP contribution is 2.19. The van der Waals surface area contributed by atoms with Gasteiger partial charge in [-0.25, -0.2) is 4.98 Å². The molecule has 1 N–H and O–H groups in total. The lowest BCUT2D eigenvalue weighted by atomic mass is 10.1. The van der Waals surface area contributed by atoms with Gasteiger partial charge in [0, 0.05) is 24.0 Å². The molecule has 0 radical (unpaired) electrons. The molecule has 1 aromatic carbocycles. The van der Waals surface area contributed by atoms with Gasteiger partial charge in [-0.15, -0.1) is 0 Å². The molecule has 118 valence electrons. The van der Waals surface area contributed by atoms with Crippen LogP contribution in [0.3, 0.4) is 0 Å². The lowest BCUT2D eigenvalue weighted by Crippen LogP contribution is -2.28. The topological polar surface area (TPSA) is 46.9 Å². The second-order valence-electron chi connectivity index (χ2n) is 5.04. The molecule has 0 fully saturated rings. The van der Waals surface area contributed by atoms with Gasteiger partial charge in [-0.05, 0) is 31.0 Å². The Morgan fingerprint density at radius 1 is 1.50 bits per heavy atom. The number of benzene rings is 1. The van der Waals surface area contributed by atoms with E-state index in [1.807, 2.05) is 37.4 Å². The van der Waals surface area contributed by atoms with E-state index in [2.05, 4.69) is 21.8 Å². The molecule has 22 heavy (non-hydrogen) atoms. The average molecular weight is 338 g/mol. The summed E-state index contributed by atoms with van der Waals surface area (Å²) in [5.41, 5.74) is 0.998. The van der Waals surface area contributed by atoms with Crippen LogP contribution in [0.1, 0.15) is 31.9 Å². The molecule has 0 bridgehead atoms. The Balaban J connectivity index is 1.86. The van der Waals surface area contributed by atoms with E-state index >= 15 is 0 Å². The van der Waals surface area contributed by atoms with E-state index in [0.29, 0.717) is 10.8 Å². The molecule has 0 spiro atoms. The van der Waals surface area contributed by atoms with Crippen molar-refractivity contribution in [2.75, 3.05) is 5.75 Å². The third kappa shape index (κ3) is 4.78. The molecule has 1 aromatic heterocycles. The molecule has 6 heteroatoms. The summed E-state index contributed by atoms with van der Waals surface area (Å²) in [6, 6.07) is 7.47. The molecule has 0 saturated heterocycles. The third-order valence-electron chi connectivity index (χ3n) is 3.20. The maximum atomic E-state index is 12.1. The van der Waals surface area contributed by atoms with Crippen LogP contribution >= 0.6 is 23.4 Å². The van der Waals surface area contributed by atoms with Gasteiger partial charge in [-0.2, -0.15) is 0 Å². The predicted molar refractivity (Wildman–Crippen MR) is 91.3 cm³/mol. The molecule has 4 nitrogen and oxygen atoms in total. The van der Waals surface area contributed by atoms with Gasteiger partial charge in [-0.3, -0.25) is 4.79 Å². The van der Waals surface area contributed by atoms with Crippen LogP contribution in [0.2, 0.25) is 5.02 Å². The first kappa shape index (κ1) is 16.9. The van der Waals surface area contributed by atoms with Gasteiger partial charge in [0.1, 0.15) is 0 Å². The number of nitrogens with zero attached hydrogens (tertiary/aromatic N) is 2. The average Bonchev–Trinajstić information content (AvgIpc) is 2.93. The number of hydrogen-bond acceptors (Lipinski definition) is 3. The normalized spacial score (nSPS) is 12.1. The fourth-order valence-corrected chi connectivity index (χ4v) is 3.11. The van der Waals surface area contributed by atoms with Gasteiger partial charge in [0.05, 0.1) is 11.8 Å². The van der Waals surface area contributed by atoms with Gasteiger partial charge < -0.3 is 9.88 Å². The van der Waals surface area contributed by atoms with Crippen LogP contribution in [-0.2, 0) is 11.3 Å². The van der Waals surface area contributed by atoms with Gasteiger partial charge in [0.25, 0.3) is 0 Å². The SMILES string of the molecule is CCCn1ccnc1SCC(=O)NC(C)c1cccc(Cl)c1. The molecular weight excluding hydrogens is 318 g/mol. The highest BCUT2D eigenvalue weighted by atomic mass is 35.5. The second kappa shape index (κ2) is 8.25. The summed E-state index contributed by atoms with van der Waals surface area (Å²) in [5.74, 6) is 0.342. The molecule has 0 aliphatic rings. The summed E-state index contributed by atoms with van der Waals surface area (Å²) < 4.78 is 2.07. The highest BCUT2D eigenvalue weighted by Gasteiger charge is 2.12. The van der Waals surface area contributed by atoms with Gasteiger partial charge in [0.2, 0.25) is 5.91 Å². The molecule has 1 amide bonds. The monoisotopic (exact) mass is 337 g/mol. The van der Waals surface area contributed by atoms with Gasteiger partial charge in [-0.1, -0.05) is 42.4 Å². The van der Waals surface area contributed by atoms with Crippen molar-refractivity contribution in [1.82, 2.24) is 14.9 Å². The Bertz CT molecular complexity index is 629. The van der Waals surface area contributed by atoms with Crippen molar-refractivity contribution >= 4 is 29.3 Å². The van der Waals surface area contributed by atoms with Crippen LogP contribution in [0, 0.1) is 0 Å². The minimum Gasteiger partial charge on any atom is -0.349 e. The first-order valence-electron chi connectivity index (χ1n) is 7.29. The largest absolute Gasteiger partial charge is 0.349 e. The third-order valence-corrected chi connectivity index (χ3v) is 4.44. The van der Waals surface area contributed by atoms with Crippen LogP contribution < -0.4 is 5.32 Å². The van der Waals surface area contributed by atoms with Crippen molar-refractivity contribution < 1.29 is 4.79 Å². The first-order valence-corrected chi connectivity index (χ1v) is 8.65. The summed E-state index contributed by atoms with van der Waals surface area (Å²) >= 11 is 7.43. The number of nitrogens with one attached hydrogen (secondary N) is 1. The number of thioether (sulfide) groups is 1. The van der Waals surface area contributed by atoms with E-state index < -0.39 is 0 Å². The molecule has 2 rings (SSSR count). The number of aryl methyl sites for hydroxylation is 1. The molecule has 1 atom stereocenters. The zero-order valence-electron chi connectivity index (χ0n) is 12.8. The van der Waals surface area contributed by atoms with Gasteiger partial charge >= 0.3 is 0 Å². The summed E-state index contributed by atoms with van der Waals surface area (Å²) in [7, 11) is 0. The van der Waals surface area contributed by atoms with Crippen molar-refractivity contribution in [3.05, 3.63) is 47.2 Å². The lowest BCUT2D eigenvalue weighted by molar-refractivity contribution is -0.119. The van der Waals surface area contributed by atoms with Crippen LogP contribution in [0.25, 0.3) is 0 Å². The smallest absolute Gasteiger partial charge is 0.230 e. The summed E-state index contributed by atoms with van der Waals surface area (Å²) in [4.78, 5) is 16.4. The molecule has 1 heterocycles. The summed E-state index contributed by atoms with van der Waals surface area (Å²) in [6.07, 6.45) is 4.75. The molecule has 0 saturated carbocycles. The Morgan fingerprint density at radius 3 is 3.05 bits per heavy atom. The Labute approximate surface area is 140 Å². The number of imidazole rings is 1. The van der Waals surface area contributed by atoms with E-state index in [1.54, 1.807) is 6.20 Å². The highest BCUT2D eigenvalue weighted by molar-refractivity contribution is 7.99. The number of aromatic nitrogens is 2. The van der Waals surface area contributed by atoms with Crippen LogP contribution in [-0.4, -0.2) is 21.2 Å². The zero-order valence-corrected chi connectivity index (χ0v) is 14.3. The predicted octanol–water partition coefficient (Wildman–Crippen LogP) is 3.92. The van der Waals surface area contributed by atoms with E-state index in [-0.39, 0.29) is 11.9 Å². The van der Waals surface area contributed by atoms with Crippen LogP contribution in [0.4, 0.5) is 0 Å². The number of carbonyl (C=O) groups excluding carboxylic acids is 1. The summed E-state index contributed by atoms with van der Waals surface area (Å²) in [5, 5.41) is 4.54. The second-order valence-corrected chi connectivity index (χ2v) is 6.42. The first-order chi connectivity index (χ1) is 10.6. The van der Waals surface area contributed by atoms with Crippen molar-refractivity contribution in [3.8, 4) is 0 Å². The summed E-state index contributed by atoms with van der Waals surface area (Å²) in [6.45, 7) is 4.99. The van der Waals surface area contributed by atoms with Crippen molar-refractivity contribution in [3.63, 3.8) is 0 Å². The molecule has 2 aromatic rings. The fourth-order valence-electron chi connectivity index (χ4n) is 2.12. The molecular formula is C16H20ClN3OS. The van der Waals surface area contributed by atoms with E-state index in [1.165, 1.54) is 11.8 Å². The minimum absolute atomic E-state index is 0.0106. The number of hydrogen-bond donors (Lipinski definition) is 1.